The Morgan fingerprint density at radius 2 is 1.74 bits per heavy atom. The number of rotatable bonds is 12. The van der Waals surface area contributed by atoms with Gasteiger partial charge in [0.25, 0.3) is 11.8 Å². The number of amides is 5. The van der Waals surface area contributed by atoms with Crippen molar-refractivity contribution < 1.29 is 59.8 Å². The first kappa shape index (κ1) is 50.9. The summed E-state index contributed by atoms with van der Waals surface area (Å²) >= 11 is 0. The van der Waals surface area contributed by atoms with Gasteiger partial charge in [0, 0.05) is 35.2 Å². The number of allylic oxidation sites excluding steroid dienone is 1. The van der Waals surface area contributed by atoms with Crippen molar-refractivity contribution in [2.45, 2.75) is 133 Å². The Balaban J connectivity index is 1.27. The molecule has 4 aliphatic rings. The number of hydrogen-bond donors (Lipinski definition) is 3. The molecule has 0 bridgehead atoms. The number of alkyl carbamates (subject to hydrolysis) is 1. The number of hydrogen-bond acceptors (Lipinski definition) is 11. The molecule has 20 heteroatoms. The molecule has 2 aliphatic heterocycles. The molecular weight excluding hydrogens is 922 g/mol. The van der Waals surface area contributed by atoms with Crippen LogP contribution in [0.25, 0.3) is 10.8 Å². The fourth-order valence-corrected chi connectivity index (χ4v) is 10.5. The Morgan fingerprint density at radius 3 is 2.38 bits per heavy atom. The average Bonchev–Trinajstić information content (AvgIpc) is 4.19. The molecule has 2 saturated carbocycles. The minimum absolute atomic E-state index is 0.0691. The number of carbonyl (C=O) groups is 5. The fraction of sp³-hybridized carbons (Fsp3) is 0.551. The van der Waals surface area contributed by atoms with Gasteiger partial charge in [0.1, 0.15) is 29.5 Å². The van der Waals surface area contributed by atoms with Gasteiger partial charge in [0.05, 0.1) is 30.3 Å². The van der Waals surface area contributed by atoms with Gasteiger partial charge in [0.2, 0.25) is 33.3 Å². The van der Waals surface area contributed by atoms with Crippen LogP contribution in [0.3, 0.4) is 0 Å². The molecule has 5 amide bonds. The number of alkyl halides is 3. The van der Waals surface area contributed by atoms with Crippen molar-refractivity contribution in [2.75, 3.05) is 25.1 Å². The number of aromatic nitrogens is 1. The molecule has 1 unspecified atom stereocenters. The minimum atomic E-state index is -4.95. The summed E-state index contributed by atoms with van der Waals surface area (Å²) in [7, 11) is -2.63. The molecule has 7 rings (SSSR count). The van der Waals surface area contributed by atoms with Crippen LogP contribution in [0.15, 0.2) is 66.9 Å². The van der Waals surface area contributed by atoms with Crippen molar-refractivity contribution in [2.24, 2.45) is 17.8 Å². The third kappa shape index (κ3) is 10.5. The number of benzene rings is 2. The summed E-state index contributed by atoms with van der Waals surface area (Å²) in [6.45, 7) is 8.45. The maximum absolute atomic E-state index is 15.2. The molecule has 3 N–H and O–H groups in total. The summed E-state index contributed by atoms with van der Waals surface area (Å²) in [5.74, 6) is -3.57. The van der Waals surface area contributed by atoms with Crippen LogP contribution in [0, 0.1) is 17.8 Å². The molecular formula is C49H61F3N6O10S. The van der Waals surface area contributed by atoms with Gasteiger partial charge in [-0.25, -0.2) is 18.2 Å². The lowest BCUT2D eigenvalue weighted by Gasteiger charge is -2.35. The molecule has 2 aromatic carbocycles. The van der Waals surface area contributed by atoms with E-state index >= 15 is 4.79 Å². The van der Waals surface area contributed by atoms with E-state index in [2.05, 4.69) is 20.3 Å². The standard InChI is InChI=1S/C49H61F3N6O10S/c1-8-30-23-29(3)15-13-14-18-32-26-48(32,44(62)56-69(64,65)47(6)21-22-47)55-40(59)37-25-34(28-58(37)43(61)39(30)54-45(63)68-46(4,5)49(50,51)52)67-41-35-20-19-33(66-7)24-36(35)38(27-53-41)57(9-2)42(60)31-16-11-10-12-17-31/h10-12,14,16-20,24,27,29-30,32,34,37,39H,8-9,13,15,21-23,25-26,28H2,1-7H3,(H,54,63)(H,55,59)(H,56,62)/b18-14-/t29-,30-,32?,34-,37+,39+,48-/m1/s1. The second kappa shape index (κ2) is 19.5. The van der Waals surface area contributed by atoms with E-state index in [1.807, 2.05) is 19.9 Å². The van der Waals surface area contributed by atoms with Gasteiger partial charge in [-0.15, -0.1) is 0 Å². The Labute approximate surface area is 400 Å². The van der Waals surface area contributed by atoms with Crippen molar-refractivity contribution in [1.82, 2.24) is 25.2 Å². The third-order valence-electron chi connectivity index (χ3n) is 14.1. The van der Waals surface area contributed by atoms with Gasteiger partial charge in [0.15, 0.2) is 0 Å². The maximum Gasteiger partial charge on any atom is 0.427 e. The van der Waals surface area contributed by atoms with E-state index in [9.17, 15) is 40.8 Å². The number of methoxy groups -OCH3 is 1. The highest BCUT2D eigenvalue weighted by Gasteiger charge is 2.63. The van der Waals surface area contributed by atoms with Gasteiger partial charge < -0.3 is 34.6 Å². The summed E-state index contributed by atoms with van der Waals surface area (Å²) < 4.78 is 86.7. The zero-order valence-corrected chi connectivity index (χ0v) is 40.7. The van der Waals surface area contributed by atoms with Crippen molar-refractivity contribution in [3.8, 4) is 11.6 Å². The number of halogens is 3. The van der Waals surface area contributed by atoms with Crippen LogP contribution in [0.1, 0.15) is 103 Å². The van der Waals surface area contributed by atoms with E-state index in [1.54, 1.807) is 66.4 Å². The summed E-state index contributed by atoms with van der Waals surface area (Å²) in [4.78, 5) is 78.8. The number of nitrogens with zero attached hydrogens (tertiary/aromatic N) is 3. The number of ether oxygens (including phenoxy) is 3. The number of anilines is 1. The topological polar surface area (TPSA) is 203 Å². The normalized spacial score (nSPS) is 26.5. The molecule has 3 heterocycles. The molecule has 7 atom stereocenters. The second-order valence-corrected chi connectivity index (χ2v) is 21.6. The zero-order valence-electron chi connectivity index (χ0n) is 39.9. The van der Waals surface area contributed by atoms with Crippen LogP contribution < -0.4 is 29.7 Å². The van der Waals surface area contributed by atoms with Crippen LogP contribution in [0.5, 0.6) is 11.6 Å². The second-order valence-electron chi connectivity index (χ2n) is 19.4. The van der Waals surface area contributed by atoms with Crippen molar-refractivity contribution in [3.63, 3.8) is 0 Å². The number of pyridine rings is 1. The molecule has 3 fully saturated rings. The van der Waals surface area contributed by atoms with Crippen LogP contribution in [-0.2, 0) is 29.1 Å². The van der Waals surface area contributed by atoms with E-state index in [4.69, 9.17) is 14.2 Å². The first-order valence-electron chi connectivity index (χ1n) is 23.4. The minimum Gasteiger partial charge on any atom is -0.497 e. The van der Waals surface area contributed by atoms with Gasteiger partial charge in [-0.1, -0.05) is 50.6 Å². The smallest absolute Gasteiger partial charge is 0.427 e. The molecule has 374 valence electrons. The van der Waals surface area contributed by atoms with E-state index in [0.717, 1.165) is 0 Å². The van der Waals surface area contributed by atoms with E-state index in [0.29, 0.717) is 80.1 Å². The van der Waals surface area contributed by atoms with Crippen LogP contribution in [0.2, 0.25) is 0 Å². The largest absolute Gasteiger partial charge is 0.497 e. The van der Waals surface area contributed by atoms with Crippen LogP contribution in [0.4, 0.5) is 23.7 Å². The number of carbonyl (C=O) groups excluding carboxylic acids is 5. The molecule has 1 saturated heterocycles. The molecule has 2 aliphatic carbocycles. The number of nitrogens with one attached hydrogen (secondary N) is 3. The first-order chi connectivity index (χ1) is 32.5. The molecule has 16 nitrogen and oxygen atoms in total. The lowest BCUT2D eigenvalue weighted by Crippen LogP contribution is -2.60. The summed E-state index contributed by atoms with van der Waals surface area (Å²) in [6.07, 6.45) is 0.0680. The molecule has 69 heavy (non-hydrogen) atoms. The van der Waals surface area contributed by atoms with Crippen molar-refractivity contribution in [3.05, 3.63) is 72.4 Å². The Morgan fingerprint density at radius 1 is 1.03 bits per heavy atom. The number of sulfonamides is 1. The third-order valence-corrected chi connectivity index (χ3v) is 16.3. The SMILES string of the molecule is CC[C@@H]1C[C@H](C)CC/C=C\C2C[C@@]2(C(=O)NS(=O)(=O)C2(C)CC2)NC(=O)[C@@H]2C[C@@H](Oc3ncc(N(CC)C(=O)c4ccccc4)c4cc(OC)ccc34)CN2C(=O)[C@H]1NC(=O)OC(C)(C)C(F)(F)F. The van der Waals surface area contributed by atoms with Gasteiger partial charge in [-0.05, 0) is 108 Å². The Bertz CT molecular complexity index is 2610. The van der Waals surface area contributed by atoms with Crippen molar-refractivity contribution >= 4 is 56.2 Å². The van der Waals surface area contributed by atoms with Crippen molar-refractivity contribution in [1.29, 1.82) is 0 Å². The average molecular weight is 983 g/mol. The van der Waals surface area contributed by atoms with Gasteiger partial charge in [-0.2, -0.15) is 13.2 Å². The Kier molecular flexibility index (Phi) is 14.4. The number of fused-ring (bicyclic) bond motifs is 3. The van der Waals surface area contributed by atoms with E-state index in [1.165, 1.54) is 25.1 Å². The molecule has 1 aromatic heterocycles. The molecule has 0 spiro atoms. The quantitative estimate of drug-likeness (QED) is 0.158. The zero-order chi connectivity index (χ0) is 50.3. The fourth-order valence-electron chi connectivity index (χ4n) is 9.20. The lowest BCUT2D eigenvalue weighted by molar-refractivity contribution is -0.244. The predicted molar refractivity (Wildman–Crippen MR) is 250 cm³/mol. The summed E-state index contributed by atoms with van der Waals surface area (Å²) in [5, 5.41) is 6.25. The highest BCUT2D eigenvalue weighted by Crippen LogP contribution is 2.48. The summed E-state index contributed by atoms with van der Waals surface area (Å²) in [5.41, 5.74) is -3.72. The highest BCUT2D eigenvalue weighted by atomic mass is 32.2. The van der Waals surface area contributed by atoms with Gasteiger partial charge in [-0.3, -0.25) is 23.9 Å². The monoisotopic (exact) mass is 982 g/mol. The maximum atomic E-state index is 15.2. The van der Waals surface area contributed by atoms with E-state index in [-0.39, 0.29) is 43.6 Å². The predicted octanol–water partition coefficient (Wildman–Crippen LogP) is 6.97. The summed E-state index contributed by atoms with van der Waals surface area (Å²) in [6, 6.07) is 11.0. The first-order valence-corrected chi connectivity index (χ1v) is 24.9. The van der Waals surface area contributed by atoms with E-state index < -0.39 is 85.9 Å². The molecule has 3 aromatic rings. The highest BCUT2D eigenvalue weighted by molar-refractivity contribution is 7.91. The van der Waals surface area contributed by atoms with Gasteiger partial charge >= 0.3 is 12.3 Å². The lowest BCUT2D eigenvalue weighted by atomic mass is 9.85. The molecule has 0 radical (unpaired) electrons. The van der Waals surface area contributed by atoms with Crippen LogP contribution >= 0.6 is 0 Å². The van der Waals surface area contributed by atoms with Crippen LogP contribution in [-0.4, -0.2) is 108 Å². The Hall–Kier alpha value is -5.92.